The maximum Gasteiger partial charge on any atom is 0.136 e. The molecule has 0 N–H and O–H groups in total. The summed E-state index contributed by atoms with van der Waals surface area (Å²) in [4.78, 5) is 6.39. The van der Waals surface area contributed by atoms with E-state index in [1.807, 2.05) is 24.3 Å². The molecule has 0 bridgehead atoms. The molecule has 2 unspecified atom stereocenters. The van der Waals surface area contributed by atoms with Crippen LogP contribution in [0.4, 0.5) is 0 Å². The topological polar surface area (TPSA) is 22.1 Å². The van der Waals surface area contributed by atoms with Crippen LogP contribution in [-0.2, 0) is 0 Å². The van der Waals surface area contributed by atoms with Gasteiger partial charge in [-0.3, -0.25) is 5.01 Å². The number of hydrazine groups is 1. The van der Waals surface area contributed by atoms with E-state index in [-0.39, 0.29) is 4.71 Å². The van der Waals surface area contributed by atoms with Crippen LogP contribution in [0.5, 0.6) is 0 Å². The zero-order chi connectivity index (χ0) is 11.7. The minimum atomic E-state index is 0.181. The van der Waals surface area contributed by atoms with Crippen molar-refractivity contribution in [2.24, 2.45) is 4.99 Å². The average molecular weight is 258 g/mol. The van der Waals surface area contributed by atoms with Crippen LogP contribution in [0.15, 0.2) is 16.9 Å². The lowest BCUT2D eigenvalue weighted by atomic mass is 10.4. The molecule has 2 aliphatic rings. The molecule has 0 spiro atoms. The first-order chi connectivity index (χ1) is 7.69. The van der Waals surface area contributed by atoms with Crippen molar-refractivity contribution in [2.75, 3.05) is 20.1 Å². The van der Waals surface area contributed by atoms with E-state index in [1.165, 1.54) is 5.70 Å². The zero-order valence-corrected chi connectivity index (χ0v) is 11.6. The van der Waals surface area contributed by atoms with Gasteiger partial charge in [0.15, 0.2) is 0 Å². The summed E-state index contributed by atoms with van der Waals surface area (Å²) in [7, 11) is 2.06. The minimum absolute atomic E-state index is 0.181. The molecule has 0 radical (unpaired) electrons. The molecule has 0 aromatic heterocycles. The molecule has 0 amide bonds. The number of nitrogens with zero attached hydrogens (tertiary/aromatic N) is 4. The SMILES string of the molecule is CCN(CC)N1C2=CN=CN(C)C2SC1S. The summed E-state index contributed by atoms with van der Waals surface area (Å²) in [5, 5.41) is 4.90. The molecule has 4 nitrogen and oxygen atoms in total. The Balaban J connectivity index is 2.25. The number of hydrogen-bond donors (Lipinski definition) is 1. The van der Waals surface area contributed by atoms with E-state index in [1.54, 1.807) is 0 Å². The van der Waals surface area contributed by atoms with Crippen molar-refractivity contribution in [2.45, 2.75) is 23.9 Å². The lowest BCUT2D eigenvalue weighted by molar-refractivity contribution is 0.0301. The first-order valence-electron chi connectivity index (χ1n) is 5.52. The maximum absolute atomic E-state index is 4.65. The van der Waals surface area contributed by atoms with Gasteiger partial charge in [-0.15, -0.1) is 12.6 Å². The lowest BCUT2D eigenvalue weighted by Crippen LogP contribution is -2.44. The van der Waals surface area contributed by atoms with Gasteiger partial charge in [-0.25, -0.2) is 10.0 Å². The zero-order valence-electron chi connectivity index (χ0n) is 9.87. The molecule has 1 saturated heterocycles. The standard InChI is InChI=1S/C10H18N4S2/c1-4-13(5-2)14-8-6-11-7-12(3)9(8)16-10(14)15/h6-7,9-10,15H,4-5H2,1-3H3. The van der Waals surface area contributed by atoms with E-state index in [0.29, 0.717) is 5.37 Å². The van der Waals surface area contributed by atoms with Crippen LogP contribution in [0.25, 0.3) is 0 Å². The number of likely N-dealkylation sites (N-methyl/N-ethyl adjacent to an activating group) is 1. The summed E-state index contributed by atoms with van der Waals surface area (Å²) in [6.07, 6.45) is 3.82. The Morgan fingerprint density at radius 1 is 1.50 bits per heavy atom. The van der Waals surface area contributed by atoms with Gasteiger partial charge in [0.1, 0.15) is 10.1 Å². The summed E-state index contributed by atoms with van der Waals surface area (Å²) < 4.78 is 0.181. The maximum atomic E-state index is 4.65. The van der Waals surface area contributed by atoms with Crippen molar-refractivity contribution >= 4 is 30.7 Å². The molecule has 6 heteroatoms. The van der Waals surface area contributed by atoms with Gasteiger partial charge < -0.3 is 4.90 Å². The van der Waals surface area contributed by atoms with Crippen LogP contribution >= 0.6 is 24.4 Å². The smallest absolute Gasteiger partial charge is 0.136 e. The molecule has 0 aliphatic carbocycles. The first-order valence-corrected chi connectivity index (χ1v) is 6.97. The van der Waals surface area contributed by atoms with Gasteiger partial charge in [0.05, 0.1) is 18.2 Å². The molecular weight excluding hydrogens is 240 g/mol. The Morgan fingerprint density at radius 3 is 2.81 bits per heavy atom. The molecule has 2 atom stereocenters. The summed E-state index contributed by atoms with van der Waals surface area (Å²) in [6.45, 7) is 6.31. The summed E-state index contributed by atoms with van der Waals surface area (Å²) in [5.74, 6) is 0. The second-order valence-corrected chi connectivity index (χ2v) is 5.79. The predicted molar refractivity (Wildman–Crippen MR) is 73.3 cm³/mol. The Morgan fingerprint density at radius 2 is 2.19 bits per heavy atom. The van der Waals surface area contributed by atoms with Crippen molar-refractivity contribution in [3.8, 4) is 0 Å². The van der Waals surface area contributed by atoms with Crippen LogP contribution in [0.3, 0.4) is 0 Å². The molecular formula is C10H18N4S2. The molecule has 2 heterocycles. The van der Waals surface area contributed by atoms with Crippen molar-refractivity contribution in [1.29, 1.82) is 0 Å². The third-order valence-electron chi connectivity index (χ3n) is 2.84. The molecule has 0 saturated carbocycles. The van der Waals surface area contributed by atoms with Gasteiger partial charge in [0.2, 0.25) is 0 Å². The van der Waals surface area contributed by atoms with Crippen LogP contribution in [0.1, 0.15) is 13.8 Å². The van der Waals surface area contributed by atoms with Crippen molar-refractivity contribution in [1.82, 2.24) is 14.9 Å². The predicted octanol–water partition coefficient (Wildman–Crippen LogP) is 1.65. The summed E-state index contributed by atoms with van der Waals surface area (Å²) in [6, 6.07) is 0. The fourth-order valence-corrected chi connectivity index (χ4v) is 3.80. The van der Waals surface area contributed by atoms with E-state index >= 15 is 0 Å². The van der Waals surface area contributed by atoms with Gasteiger partial charge in [0, 0.05) is 20.1 Å². The summed E-state index contributed by atoms with van der Waals surface area (Å²) >= 11 is 6.49. The van der Waals surface area contributed by atoms with E-state index < -0.39 is 0 Å². The second kappa shape index (κ2) is 4.89. The van der Waals surface area contributed by atoms with Crippen LogP contribution in [-0.4, -0.2) is 51.5 Å². The number of thiol groups is 1. The van der Waals surface area contributed by atoms with Gasteiger partial charge in [0.25, 0.3) is 0 Å². The van der Waals surface area contributed by atoms with Crippen molar-refractivity contribution < 1.29 is 0 Å². The Labute approximate surface area is 107 Å². The Hall–Kier alpha value is -0.330. The normalized spacial score (nSPS) is 28.7. The summed E-state index contributed by atoms with van der Waals surface area (Å²) in [5.41, 5.74) is 1.23. The monoisotopic (exact) mass is 258 g/mol. The molecule has 90 valence electrons. The number of thioether (sulfide) groups is 1. The van der Waals surface area contributed by atoms with Crippen LogP contribution in [0.2, 0.25) is 0 Å². The Bertz CT molecular complexity index is 314. The van der Waals surface area contributed by atoms with Gasteiger partial charge >= 0.3 is 0 Å². The van der Waals surface area contributed by atoms with Gasteiger partial charge in [-0.1, -0.05) is 25.6 Å². The molecule has 1 fully saturated rings. The van der Waals surface area contributed by atoms with Crippen molar-refractivity contribution in [3.05, 3.63) is 11.9 Å². The average Bonchev–Trinajstić information content (AvgIpc) is 2.60. The largest absolute Gasteiger partial charge is 0.348 e. The lowest BCUT2D eigenvalue weighted by Gasteiger charge is -2.36. The highest BCUT2D eigenvalue weighted by molar-refractivity contribution is 8.11. The molecule has 0 aromatic rings. The van der Waals surface area contributed by atoms with Gasteiger partial charge in [-0.05, 0) is 0 Å². The fourth-order valence-electron chi connectivity index (χ4n) is 2.02. The van der Waals surface area contributed by atoms with E-state index in [2.05, 4.69) is 53.4 Å². The third-order valence-corrected chi connectivity index (χ3v) is 4.70. The van der Waals surface area contributed by atoms with E-state index in [4.69, 9.17) is 0 Å². The number of hydrogen-bond acceptors (Lipinski definition) is 6. The first kappa shape index (κ1) is 12.1. The molecule has 2 aliphatic heterocycles. The van der Waals surface area contributed by atoms with Crippen molar-refractivity contribution in [3.63, 3.8) is 0 Å². The second-order valence-electron chi connectivity index (χ2n) is 3.78. The third kappa shape index (κ3) is 1.94. The molecule has 16 heavy (non-hydrogen) atoms. The highest BCUT2D eigenvalue weighted by atomic mass is 32.2. The minimum Gasteiger partial charge on any atom is -0.348 e. The van der Waals surface area contributed by atoms with E-state index in [0.717, 1.165) is 13.1 Å². The van der Waals surface area contributed by atoms with Crippen LogP contribution in [0, 0.1) is 0 Å². The number of aliphatic imine (C=N–C) groups is 1. The van der Waals surface area contributed by atoms with Gasteiger partial charge in [-0.2, -0.15) is 0 Å². The highest BCUT2D eigenvalue weighted by Gasteiger charge is 2.40. The quantitative estimate of drug-likeness (QED) is 0.777. The molecule has 2 rings (SSSR count). The molecule has 0 aromatic carbocycles. The van der Waals surface area contributed by atoms with Crippen LogP contribution < -0.4 is 0 Å². The number of rotatable bonds is 3. The Kier molecular flexibility index (Phi) is 3.71. The van der Waals surface area contributed by atoms with E-state index in [9.17, 15) is 0 Å². The fraction of sp³-hybridized carbons (Fsp3) is 0.700. The highest BCUT2D eigenvalue weighted by Crippen LogP contribution is 2.43. The number of fused-ring (bicyclic) bond motifs is 1.